The van der Waals surface area contributed by atoms with Gasteiger partial charge in [-0.2, -0.15) is 5.10 Å². The summed E-state index contributed by atoms with van der Waals surface area (Å²) < 4.78 is 4.93. The highest BCUT2D eigenvalue weighted by molar-refractivity contribution is 6.03. The van der Waals surface area contributed by atoms with Crippen LogP contribution in [0.1, 0.15) is 26.2 Å². The number of rotatable bonds is 3. The van der Waals surface area contributed by atoms with Crippen LogP contribution < -0.4 is 11.5 Å². The molecule has 0 spiro atoms. The molecule has 0 bridgehead atoms. The first-order chi connectivity index (χ1) is 7.15. The summed E-state index contributed by atoms with van der Waals surface area (Å²) in [4.78, 5) is 11.5. The van der Waals surface area contributed by atoms with Gasteiger partial charge in [0.05, 0.1) is 18.2 Å². The summed E-state index contributed by atoms with van der Waals surface area (Å²) >= 11 is 0. The molecule has 1 rings (SSSR count). The Kier molecular flexibility index (Phi) is 4.08. The summed E-state index contributed by atoms with van der Waals surface area (Å²) in [6.07, 6.45) is 2.43. The lowest BCUT2D eigenvalue weighted by Crippen LogP contribution is -2.24. The van der Waals surface area contributed by atoms with Gasteiger partial charge in [0, 0.05) is 0 Å². The van der Waals surface area contributed by atoms with Crippen molar-refractivity contribution in [1.29, 1.82) is 0 Å². The SMILES string of the molecule is CCOC(=O)C1CCC/C1=N/N=C(N)N. The second kappa shape index (κ2) is 5.33. The summed E-state index contributed by atoms with van der Waals surface area (Å²) in [5.74, 6) is -0.607. The maximum absolute atomic E-state index is 11.5. The molecule has 0 radical (unpaired) electrons. The Hall–Kier alpha value is -1.59. The van der Waals surface area contributed by atoms with Crippen molar-refractivity contribution in [3.63, 3.8) is 0 Å². The number of nitrogens with two attached hydrogens (primary N) is 2. The van der Waals surface area contributed by atoms with Gasteiger partial charge in [0.25, 0.3) is 0 Å². The summed E-state index contributed by atoms with van der Waals surface area (Å²) in [6.45, 7) is 2.16. The molecule has 4 N–H and O–H groups in total. The second-order valence-corrected chi connectivity index (χ2v) is 3.31. The quantitative estimate of drug-likeness (QED) is 0.297. The summed E-state index contributed by atoms with van der Waals surface area (Å²) in [7, 11) is 0. The second-order valence-electron chi connectivity index (χ2n) is 3.31. The first kappa shape index (κ1) is 11.5. The number of nitrogens with zero attached hydrogens (tertiary/aromatic N) is 2. The van der Waals surface area contributed by atoms with Gasteiger partial charge in [0.2, 0.25) is 5.96 Å². The molecule has 6 nitrogen and oxygen atoms in total. The van der Waals surface area contributed by atoms with Crippen molar-refractivity contribution in [2.45, 2.75) is 26.2 Å². The molecule has 0 aromatic carbocycles. The van der Waals surface area contributed by atoms with Crippen LogP contribution in [0.2, 0.25) is 0 Å². The molecular weight excluding hydrogens is 196 g/mol. The minimum absolute atomic E-state index is 0.1000. The lowest BCUT2D eigenvalue weighted by molar-refractivity contribution is -0.145. The monoisotopic (exact) mass is 212 g/mol. The van der Waals surface area contributed by atoms with Crippen LogP contribution >= 0.6 is 0 Å². The van der Waals surface area contributed by atoms with E-state index in [9.17, 15) is 4.79 Å². The zero-order valence-electron chi connectivity index (χ0n) is 8.77. The molecule has 1 aliphatic rings. The van der Waals surface area contributed by atoms with Crippen LogP contribution in [0.25, 0.3) is 0 Å². The van der Waals surface area contributed by atoms with Crippen molar-refractivity contribution in [3.05, 3.63) is 0 Å². The van der Waals surface area contributed by atoms with Gasteiger partial charge in [-0.05, 0) is 26.2 Å². The Morgan fingerprint density at radius 3 is 2.93 bits per heavy atom. The minimum Gasteiger partial charge on any atom is -0.465 e. The zero-order valence-corrected chi connectivity index (χ0v) is 8.77. The highest BCUT2D eigenvalue weighted by Gasteiger charge is 2.30. The van der Waals surface area contributed by atoms with Crippen LogP contribution in [0.5, 0.6) is 0 Å². The molecule has 1 saturated carbocycles. The average molecular weight is 212 g/mol. The molecule has 0 saturated heterocycles. The third-order valence-electron chi connectivity index (χ3n) is 2.19. The van der Waals surface area contributed by atoms with E-state index in [4.69, 9.17) is 16.2 Å². The molecule has 0 aromatic rings. The van der Waals surface area contributed by atoms with E-state index in [0.717, 1.165) is 19.3 Å². The fourth-order valence-electron chi connectivity index (χ4n) is 1.57. The molecule has 1 aliphatic carbocycles. The summed E-state index contributed by atoms with van der Waals surface area (Å²) in [6, 6.07) is 0. The Morgan fingerprint density at radius 1 is 1.60 bits per heavy atom. The first-order valence-corrected chi connectivity index (χ1v) is 4.97. The van der Waals surface area contributed by atoms with Crippen LogP contribution in [0.3, 0.4) is 0 Å². The first-order valence-electron chi connectivity index (χ1n) is 4.97. The Morgan fingerprint density at radius 2 is 2.33 bits per heavy atom. The number of guanidine groups is 1. The van der Waals surface area contributed by atoms with E-state index in [1.165, 1.54) is 0 Å². The zero-order chi connectivity index (χ0) is 11.3. The lowest BCUT2D eigenvalue weighted by atomic mass is 10.1. The van der Waals surface area contributed by atoms with Crippen molar-refractivity contribution >= 4 is 17.6 Å². The molecule has 1 atom stereocenters. The maximum atomic E-state index is 11.5. The molecule has 1 fully saturated rings. The number of hydrogen-bond acceptors (Lipinski definition) is 4. The third kappa shape index (κ3) is 3.23. The Labute approximate surface area is 88.4 Å². The molecule has 0 aliphatic heterocycles. The average Bonchev–Trinajstić information content (AvgIpc) is 2.62. The fraction of sp³-hybridized carbons (Fsp3) is 0.667. The predicted octanol–water partition coefficient (Wildman–Crippen LogP) is -0.0210. The summed E-state index contributed by atoms with van der Waals surface area (Å²) in [5.41, 5.74) is 11.0. The van der Waals surface area contributed by atoms with Crippen molar-refractivity contribution in [3.8, 4) is 0 Å². The Balaban J connectivity index is 2.68. The number of ether oxygens (including phenoxy) is 1. The lowest BCUT2D eigenvalue weighted by Gasteiger charge is -2.08. The van der Waals surface area contributed by atoms with Gasteiger partial charge in [-0.1, -0.05) is 0 Å². The molecule has 0 amide bonds. The number of carbonyl (C=O) groups excluding carboxylic acids is 1. The molecular formula is C9H16N4O2. The van der Waals surface area contributed by atoms with E-state index in [0.29, 0.717) is 12.3 Å². The van der Waals surface area contributed by atoms with E-state index in [2.05, 4.69) is 10.2 Å². The molecule has 0 aromatic heterocycles. The molecule has 1 unspecified atom stereocenters. The van der Waals surface area contributed by atoms with Gasteiger partial charge in [-0.15, -0.1) is 5.10 Å². The van der Waals surface area contributed by atoms with Crippen molar-refractivity contribution in [2.75, 3.05) is 6.61 Å². The van der Waals surface area contributed by atoms with Crippen LogP contribution in [0.15, 0.2) is 10.2 Å². The maximum Gasteiger partial charge on any atom is 0.314 e. The highest BCUT2D eigenvalue weighted by Crippen LogP contribution is 2.24. The normalized spacial score (nSPS) is 22.7. The van der Waals surface area contributed by atoms with Crippen LogP contribution in [-0.2, 0) is 9.53 Å². The van der Waals surface area contributed by atoms with E-state index < -0.39 is 0 Å². The fourth-order valence-corrected chi connectivity index (χ4v) is 1.57. The van der Waals surface area contributed by atoms with Gasteiger partial charge in [-0.3, -0.25) is 4.79 Å². The highest BCUT2D eigenvalue weighted by atomic mass is 16.5. The van der Waals surface area contributed by atoms with E-state index in [1.54, 1.807) is 6.92 Å². The van der Waals surface area contributed by atoms with E-state index >= 15 is 0 Å². The summed E-state index contributed by atoms with van der Waals surface area (Å²) in [5, 5.41) is 7.41. The van der Waals surface area contributed by atoms with Gasteiger partial charge in [0.1, 0.15) is 0 Å². The largest absolute Gasteiger partial charge is 0.465 e. The number of esters is 1. The predicted molar refractivity (Wildman–Crippen MR) is 57.2 cm³/mol. The standard InChI is InChI=1S/C9H16N4O2/c1-2-15-8(14)6-4-3-5-7(6)12-13-9(10)11/h6H,2-5H2,1H3,(H4,10,11,13)/b12-7-. The number of carbonyl (C=O) groups is 1. The van der Waals surface area contributed by atoms with Crippen LogP contribution in [-0.4, -0.2) is 24.2 Å². The smallest absolute Gasteiger partial charge is 0.314 e. The van der Waals surface area contributed by atoms with Gasteiger partial charge in [-0.25, -0.2) is 0 Å². The minimum atomic E-state index is -0.270. The van der Waals surface area contributed by atoms with Gasteiger partial charge in [0.15, 0.2) is 0 Å². The van der Waals surface area contributed by atoms with E-state index in [-0.39, 0.29) is 17.8 Å². The number of hydrogen-bond donors (Lipinski definition) is 2. The van der Waals surface area contributed by atoms with Crippen molar-refractivity contribution in [1.82, 2.24) is 0 Å². The molecule has 6 heteroatoms. The Bertz CT molecular complexity index is 294. The van der Waals surface area contributed by atoms with Crippen LogP contribution in [0.4, 0.5) is 0 Å². The third-order valence-corrected chi connectivity index (χ3v) is 2.19. The van der Waals surface area contributed by atoms with Crippen molar-refractivity contribution < 1.29 is 9.53 Å². The van der Waals surface area contributed by atoms with Crippen molar-refractivity contribution in [2.24, 2.45) is 27.6 Å². The van der Waals surface area contributed by atoms with E-state index in [1.807, 2.05) is 0 Å². The van der Waals surface area contributed by atoms with Gasteiger partial charge < -0.3 is 16.2 Å². The molecule has 0 heterocycles. The topological polar surface area (TPSA) is 103 Å². The molecule has 84 valence electrons. The van der Waals surface area contributed by atoms with Gasteiger partial charge >= 0.3 is 5.97 Å². The van der Waals surface area contributed by atoms with Crippen LogP contribution in [0, 0.1) is 5.92 Å². The molecule has 15 heavy (non-hydrogen) atoms.